The van der Waals surface area contributed by atoms with Crippen molar-refractivity contribution in [3.8, 4) is 11.4 Å². The molecule has 4 aromatic rings. The van der Waals surface area contributed by atoms with Crippen molar-refractivity contribution in [2.75, 3.05) is 5.32 Å². The lowest BCUT2D eigenvalue weighted by atomic mass is 10.1. The van der Waals surface area contributed by atoms with Gasteiger partial charge in [0.25, 0.3) is 11.7 Å². The number of nitrogens with zero attached hydrogens (tertiary/aromatic N) is 7. The van der Waals surface area contributed by atoms with Crippen LogP contribution in [-0.4, -0.2) is 40.3 Å². The van der Waals surface area contributed by atoms with Crippen LogP contribution in [-0.2, 0) is 7.05 Å². The Bertz CT molecular complexity index is 1170. The lowest BCUT2D eigenvalue weighted by molar-refractivity contribution is 0.102. The Balaban J connectivity index is 1.70. The summed E-state index contributed by atoms with van der Waals surface area (Å²) in [5.41, 5.74) is 3.67. The average Bonchev–Trinajstić information content (AvgIpc) is 3.31. The van der Waals surface area contributed by atoms with E-state index in [-0.39, 0.29) is 11.8 Å². The zero-order valence-electron chi connectivity index (χ0n) is 16.1. The fourth-order valence-corrected chi connectivity index (χ4v) is 3.09. The van der Waals surface area contributed by atoms with Crippen molar-refractivity contribution in [3.05, 3.63) is 53.9 Å². The number of anilines is 1. The van der Waals surface area contributed by atoms with Crippen LogP contribution in [0.1, 0.15) is 41.5 Å². The van der Waals surface area contributed by atoms with E-state index in [9.17, 15) is 4.79 Å². The van der Waals surface area contributed by atoms with Gasteiger partial charge in [0.2, 0.25) is 0 Å². The van der Waals surface area contributed by atoms with Gasteiger partial charge in [-0.05, 0) is 30.5 Å². The van der Waals surface area contributed by atoms with E-state index in [1.807, 2.05) is 50.6 Å². The summed E-state index contributed by atoms with van der Waals surface area (Å²) in [6.07, 6.45) is 3.08. The number of nitrogens with one attached hydrogen (secondary N) is 1. The highest BCUT2D eigenvalue weighted by Gasteiger charge is 2.17. The summed E-state index contributed by atoms with van der Waals surface area (Å²) in [7, 11) is 1.88. The van der Waals surface area contributed by atoms with E-state index in [0.29, 0.717) is 17.2 Å². The quantitative estimate of drug-likeness (QED) is 0.587. The van der Waals surface area contributed by atoms with E-state index in [2.05, 4.69) is 30.6 Å². The molecule has 9 heteroatoms. The van der Waals surface area contributed by atoms with Gasteiger partial charge >= 0.3 is 0 Å². The first-order chi connectivity index (χ1) is 13.5. The Labute approximate surface area is 161 Å². The van der Waals surface area contributed by atoms with E-state index in [4.69, 9.17) is 0 Å². The van der Waals surface area contributed by atoms with Crippen molar-refractivity contribution in [2.24, 2.45) is 7.05 Å². The molecule has 3 heterocycles. The number of hydrogen-bond acceptors (Lipinski definition) is 6. The van der Waals surface area contributed by atoms with Crippen LogP contribution >= 0.6 is 0 Å². The van der Waals surface area contributed by atoms with Crippen molar-refractivity contribution >= 4 is 17.4 Å². The fourth-order valence-electron chi connectivity index (χ4n) is 3.09. The average molecular weight is 376 g/mol. The zero-order chi connectivity index (χ0) is 19.8. The second-order valence-corrected chi connectivity index (χ2v) is 6.89. The fraction of sp³-hybridized carbons (Fsp3) is 0.263. The second kappa shape index (κ2) is 6.84. The molecule has 1 aromatic carbocycles. The highest BCUT2D eigenvalue weighted by atomic mass is 16.1. The zero-order valence-corrected chi connectivity index (χ0v) is 16.1. The predicted molar refractivity (Wildman–Crippen MR) is 104 cm³/mol. The molecule has 4 rings (SSSR count). The van der Waals surface area contributed by atoms with Crippen molar-refractivity contribution in [1.82, 2.24) is 34.3 Å². The minimum Gasteiger partial charge on any atom is -0.320 e. The maximum absolute atomic E-state index is 12.9. The summed E-state index contributed by atoms with van der Waals surface area (Å²) >= 11 is 0. The minimum atomic E-state index is -0.300. The second-order valence-electron chi connectivity index (χ2n) is 6.89. The molecule has 0 aliphatic carbocycles. The predicted octanol–water partition coefficient (Wildman–Crippen LogP) is 2.60. The van der Waals surface area contributed by atoms with Crippen LogP contribution in [0, 0.1) is 6.92 Å². The lowest BCUT2D eigenvalue weighted by Crippen LogP contribution is -2.17. The first-order valence-electron chi connectivity index (χ1n) is 8.91. The Kier molecular flexibility index (Phi) is 4.34. The van der Waals surface area contributed by atoms with Crippen molar-refractivity contribution in [1.29, 1.82) is 0 Å². The van der Waals surface area contributed by atoms with Gasteiger partial charge in [0.05, 0.1) is 5.69 Å². The van der Waals surface area contributed by atoms with Gasteiger partial charge in [0.1, 0.15) is 18.3 Å². The van der Waals surface area contributed by atoms with Crippen LogP contribution in [0.2, 0.25) is 0 Å². The molecule has 28 heavy (non-hydrogen) atoms. The maximum atomic E-state index is 12.9. The smallest absolute Gasteiger partial charge is 0.274 e. The van der Waals surface area contributed by atoms with E-state index < -0.39 is 0 Å². The third kappa shape index (κ3) is 3.00. The van der Waals surface area contributed by atoms with Gasteiger partial charge in [0.15, 0.2) is 5.82 Å². The summed E-state index contributed by atoms with van der Waals surface area (Å²) in [5, 5.41) is 15.2. The summed E-state index contributed by atoms with van der Waals surface area (Å²) in [6.45, 7) is 6.01. The number of carbonyl (C=O) groups excluding carboxylic acids is 1. The number of amides is 1. The topological polar surface area (TPSA) is 103 Å². The third-order valence-electron chi connectivity index (χ3n) is 4.64. The van der Waals surface area contributed by atoms with Crippen molar-refractivity contribution in [2.45, 2.75) is 26.7 Å². The molecule has 0 aliphatic heterocycles. The van der Waals surface area contributed by atoms with Gasteiger partial charge in [0, 0.05) is 18.3 Å². The van der Waals surface area contributed by atoms with Crippen LogP contribution in [0.5, 0.6) is 0 Å². The van der Waals surface area contributed by atoms with Gasteiger partial charge in [-0.1, -0.05) is 26.0 Å². The molecule has 0 radical (unpaired) electrons. The number of aryl methyl sites for hydroxylation is 1. The number of aromatic nitrogens is 7. The first-order valence-corrected chi connectivity index (χ1v) is 8.91. The Morgan fingerprint density at radius 1 is 1.25 bits per heavy atom. The standard InChI is InChI=1S/C19H20N8O/c1-11(2)16-8-15(24-19-20-9-22-27(16)19)18(28)23-14-7-5-6-13(12(14)3)17-25-21-10-26(17)4/h5-11H,1-4H3,(H,23,28). The number of rotatable bonds is 4. The SMILES string of the molecule is Cc1c(NC(=O)c2cc(C(C)C)n3ncnc3n2)cccc1-c1nncn1C. The van der Waals surface area contributed by atoms with Gasteiger partial charge in [-0.3, -0.25) is 4.79 Å². The molecule has 0 saturated heterocycles. The number of hydrogen-bond donors (Lipinski definition) is 1. The summed E-state index contributed by atoms with van der Waals surface area (Å²) < 4.78 is 3.49. The maximum Gasteiger partial charge on any atom is 0.274 e. The molecule has 0 saturated carbocycles. The van der Waals surface area contributed by atoms with Crippen LogP contribution in [0.4, 0.5) is 5.69 Å². The minimum absolute atomic E-state index is 0.166. The Morgan fingerprint density at radius 2 is 2.07 bits per heavy atom. The van der Waals surface area contributed by atoms with E-state index >= 15 is 0 Å². The van der Waals surface area contributed by atoms with Crippen LogP contribution in [0.25, 0.3) is 17.2 Å². The van der Waals surface area contributed by atoms with E-state index in [0.717, 1.165) is 22.6 Å². The molecule has 9 nitrogen and oxygen atoms in total. The van der Waals surface area contributed by atoms with Gasteiger partial charge in [-0.2, -0.15) is 10.1 Å². The molecule has 142 valence electrons. The molecular formula is C19H20N8O. The summed E-state index contributed by atoms with van der Waals surface area (Å²) in [4.78, 5) is 21.4. The molecule has 1 amide bonds. The molecule has 0 bridgehead atoms. The van der Waals surface area contributed by atoms with Gasteiger partial charge < -0.3 is 9.88 Å². The van der Waals surface area contributed by atoms with Crippen LogP contribution in [0.3, 0.4) is 0 Å². The molecule has 0 atom stereocenters. The van der Waals surface area contributed by atoms with Gasteiger partial charge in [-0.25, -0.2) is 9.50 Å². The Morgan fingerprint density at radius 3 is 2.79 bits per heavy atom. The molecule has 0 unspecified atom stereocenters. The first kappa shape index (κ1) is 17.8. The highest BCUT2D eigenvalue weighted by Crippen LogP contribution is 2.27. The van der Waals surface area contributed by atoms with Crippen molar-refractivity contribution in [3.63, 3.8) is 0 Å². The number of carbonyl (C=O) groups is 1. The molecule has 0 spiro atoms. The van der Waals surface area contributed by atoms with E-state index in [1.165, 1.54) is 6.33 Å². The highest BCUT2D eigenvalue weighted by molar-refractivity contribution is 6.04. The largest absolute Gasteiger partial charge is 0.320 e. The number of fused-ring (bicyclic) bond motifs is 1. The van der Waals surface area contributed by atoms with Crippen LogP contribution < -0.4 is 5.32 Å². The summed E-state index contributed by atoms with van der Waals surface area (Å²) in [5.74, 6) is 1.00. The molecular weight excluding hydrogens is 356 g/mol. The number of benzene rings is 1. The van der Waals surface area contributed by atoms with E-state index in [1.54, 1.807) is 16.9 Å². The lowest BCUT2D eigenvalue weighted by Gasteiger charge is -2.13. The summed E-state index contributed by atoms with van der Waals surface area (Å²) in [6, 6.07) is 7.43. The molecule has 3 aromatic heterocycles. The molecule has 1 N–H and O–H groups in total. The van der Waals surface area contributed by atoms with Crippen molar-refractivity contribution < 1.29 is 4.79 Å². The third-order valence-corrected chi connectivity index (χ3v) is 4.64. The normalized spacial score (nSPS) is 11.3. The molecule has 0 aliphatic rings. The molecule has 0 fully saturated rings. The monoisotopic (exact) mass is 376 g/mol. The van der Waals surface area contributed by atoms with Crippen LogP contribution in [0.15, 0.2) is 36.9 Å². The van der Waals surface area contributed by atoms with Gasteiger partial charge in [-0.15, -0.1) is 10.2 Å². The Hall–Kier alpha value is -3.62.